The van der Waals surface area contributed by atoms with Gasteiger partial charge in [0.1, 0.15) is 5.92 Å². The highest BCUT2D eigenvalue weighted by Gasteiger charge is 2.33. The zero-order valence-electron chi connectivity index (χ0n) is 22.9. The summed E-state index contributed by atoms with van der Waals surface area (Å²) in [7, 11) is -4.20. The minimum absolute atomic E-state index is 0.0256. The number of anilines is 1. The highest BCUT2D eigenvalue weighted by atomic mass is 32.2. The molecule has 0 aliphatic carbocycles. The van der Waals surface area contributed by atoms with Gasteiger partial charge in [-0.25, -0.2) is 13.1 Å². The third-order valence-electron chi connectivity index (χ3n) is 7.30. The first-order chi connectivity index (χ1) is 19.9. The molecular weight excluding hydrogens is 532 g/mol. The molecule has 1 unspecified atom stereocenters. The topological polar surface area (TPSA) is 83.6 Å². The fourth-order valence-electron chi connectivity index (χ4n) is 5.13. The van der Waals surface area contributed by atoms with Gasteiger partial charge in [0.15, 0.2) is 0 Å². The van der Waals surface area contributed by atoms with Crippen LogP contribution in [0.2, 0.25) is 0 Å². The standard InChI is InChI=1S/C34H32N2O4S/c1-2-36(30-16-4-3-5-17-30)34(38)32(18-10-11-25-19-20-26-12-6-8-14-28(26)23-25)33(37)35-41(39,40)31-22-21-27-13-7-9-15-29(27)24-31/h3-9,12-17,19-24,32H,2,10-11,18H2,1H3,(H,35,37). The molecule has 0 radical (unpaired) electrons. The molecule has 0 fully saturated rings. The van der Waals surface area contributed by atoms with Crippen LogP contribution in [0.4, 0.5) is 5.69 Å². The third-order valence-corrected chi connectivity index (χ3v) is 8.65. The molecular formula is C34H32N2O4S. The molecule has 5 aromatic carbocycles. The minimum atomic E-state index is -4.20. The highest BCUT2D eigenvalue weighted by molar-refractivity contribution is 7.90. The quantitative estimate of drug-likeness (QED) is 0.197. The van der Waals surface area contributed by atoms with E-state index in [-0.39, 0.29) is 11.3 Å². The first-order valence-corrected chi connectivity index (χ1v) is 15.2. The normalized spacial score (nSPS) is 12.2. The van der Waals surface area contributed by atoms with Crippen LogP contribution in [0.3, 0.4) is 0 Å². The number of nitrogens with one attached hydrogen (secondary N) is 1. The molecule has 1 N–H and O–H groups in total. The minimum Gasteiger partial charge on any atom is -0.312 e. The Hall–Kier alpha value is -4.49. The summed E-state index contributed by atoms with van der Waals surface area (Å²) in [6.45, 7) is 2.18. The smallest absolute Gasteiger partial charge is 0.264 e. The van der Waals surface area contributed by atoms with Crippen LogP contribution in [0, 0.1) is 5.92 Å². The van der Waals surface area contributed by atoms with Gasteiger partial charge in [0.05, 0.1) is 4.90 Å². The van der Waals surface area contributed by atoms with Crippen LogP contribution in [0.25, 0.3) is 21.5 Å². The average Bonchev–Trinajstić information content (AvgIpc) is 2.99. The molecule has 0 aliphatic heterocycles. The van der Waals surface area contributed by atoms with Crippen LogP contribution < -0.4 is 9.62 Å². The first kappa shape index (κ1) is 28.1. The van der Waals surface area contributed by atoms with Crippen LogP contribution in [-0.4, -0.2) is 26.8 Å². The molecule has 0 saturated carbocycles. The van der Waals surface area contributed by atoms with E-state index >= 15 is 0 Å². The Kier molecular flexibility index (Phi) is 8.45. The second-order valence-electron chi connectivity index (χ2n) is 10.0. The molecule has 5 rings (SSSR count). The summed E-state index contributed by atoms with van der Waals surface area (Å²) in [6, 6.07) is 35.5. The van der Waals surface area contributed by atoms with E-state index in [1.54, 1.807) is 18.2 Å². The van der Waals surface area contributed by atoms with Crippen molar-refractivity contribution in [2.24, 2.45) is 5.92 Å². The van der Waals surface area contributed by atoms with Crippen molar-refractivity contribution in [3.8, 4) is 0 Å². The summed E-state index contributed by atoms with van der Waals surface area (Å²) >= 11 is 0. The lowest BCUT2D eigenvalue weighted by atomic mass is 9.96. The summed E-state index contributed by atoms with van der Waals surface area (Å²) in [5.74, 6) is -2.43. The number of hydrogen-bond acceptors (Lipinski definition) is 4. The van der Waals surface area contributed by atoms with Crippen molar-refractivity contribution < 1.29 is 18.0 Å². The highest BCUT2D eigenvalue weighted by Crippen LogP contribution is 2.23. The summed E-state index contributed by atoms with van der Waals surface area (Å²) in [6.07, 6.45) is 1.38. The number of hydrogen-bond donors (Lipinski definition) is 1. The van der Waals surface area contributed by atoms with E-state index in [0.29, 0.717) is 25.1 Å². The van der Waals surface area contributed by atoms with Crippen molar-refractivity contribution in [1.82, 2.24) is 4.72 Å². The number of carbonyl (C=O) groups excluding carboxylic acids is 2. The Balaban J connectivity index is 1.38. The van der Waals surface area contributed by atoms with Crippen LogP contribution in [0.15, 0.2) is 120 Å². The molecule has 0 aliphatic rings. The molecule has 2 amide bonds. The monoisotopic (exact) mass is 564 g/mol. The van der Waals surface area contributed by atoms with Crippen molar-refractivity contribution in [3.05, 3.63) is 121 Å². The van der Waals surface area contributed by atoms with E-state index < -0.39 is 27.8 Å². The molecule has 6 nitrogen and oxygen atoms in total. The van der Waals surface area contributed by atoms with Crippen LogP contribution in [-0.2, 0) is 26.0 Å². The number of para-hydroxylation sites is 1. The van der Waals surface area contributed by atoms with Gasteiger partial charge in [-0.2, -0.15) is 0 Å². The number of aryl methyl sites for hydroxylation is 1. The summed E-state index contributed by atoms with van der Waals surface area (Å²) in [5, 5.41) is 3.90. The lowest BCUT2D eigenvalue weighted by Crippen LogP contribution is -2.45. The lowest BCUT2D eigenvalue weighted by molar-refractivity contribution is -0.133. The Labute approximate surface area is 240 Å². The molecule has 7 heteroatoms. The van der Waals surface area contributed by atoms with Gasteiger partial charge in [-0.15, -0.1) is 0 Å². The van der Waals surface area contributed by atoms with E-state index in [4.69, 9.17) is 0 Å². The maximum absolute atomic E-state index is 13.8. The number of sulfonamides is 1. The summed E-state index contributed by atoms with van der Waals surface area (Å²) < 4.78 is 28.8. The van der Waals surface area contributed by atoms with E-state index in [9.17, 15) is 18.0 Å². The lowest BCUT2D eigenvalue weighted by Gasteiger charge is -2.26. The molecule has 208 valence electrons. The van der Waals surface area contributed by atoms with Crippen molar-refractivity contribution in [1.29, 1.82) is 0 Å². The fraction of sp³-hybridized carbons (Fsp3) is 0.176. The maximum Gasteiger partial charge on any atom is 0.264 e. The van der Waals surface area contributed by atoms with Gasteiger partial charge in [-0.3, -0.25) is 9.59 Å². The second kappa shape index (κ2) is 12.4. The summed E-state index contributed by atoms with van der Waals surface area (Å²) in [5.41, 5.74) is 1.75. The average molecular weight is 565 g/mol. The summed E-state index contributed by atoms with van der Waals surface area (Å²) in [4.78, 5) is 28.9. The molecule has 0 bridgehead atoms. The Morgan fingerprint density at radius 2 is 1.32 bits per heavy atom. The third kappa shape index (κ3) is 6.47. The van der Waals surface area contributed by atoms with E-state index in [0.717, 1.165) is 27.1 Å². The largest absolute Gasteiger partial charge is 0.312 e. The van der Waals surface area contributed by atoms with Crippen LogP contribution >= 0.6 is 0 Å². The SMILES string of the molecule is CCN(C(=O)C(CCCc1ccc2ccccc2c1)C(=O)NS(=O)(=O)c1ccc2ccccc2c1)c1ccccc1. The molecule has 5 aromatic rings. The van der Waals surface area contributed by atoms with Crippen molar-refractivity contribution in [2.45, 2.75) is 31.1 Å². The van der Waals surface area contributed by atoms with Gasteiger partial charge in [0, 0.05) is 12.2 Å². The predicted octanol–water partition coefficient (Wildman–Crippen LogP) is 6.49. The molecule has 41 heavy (non-hydrogen) atoms. The number of amides is 2. The van der Waals surface area contributed by atoms with Gasteiger partial charge in [0.2, 0.25) is 11.8 Å². The second-order valence-corrected chi connectivity index (χ2v) is 11.7. The first-order valence-electron chi connectivity index (χ1n) is 13.8. The van der Waals surface area contributed by atoms with Gasteiger partial charge < -0.3 is 4.90 Å². The van der Waals surface area contributed by atoms with Gasteiger partial charge in [0.25, 0.3) is 10.0 Å². The van der Waals surface area contributed by atoms with E-state index in [2.05, 4.69) is 29.0 Å². The molecule has 0 aromatic heterocycles. The van der Waals surface area contributed by atoms with Crippen molar-refractivity contribution in [3.63, 3.8) is 0 Å². The van der Waals surface area contributed by atoms with Crippen molar-refractivity contribution in [2.75, 3.05) is 11.4 Å². The van der Waals surface area contributed by atoms with E-state index in [1.807, 2.05) is 67.6 Å². The zero-order chi connectivity index (χ0) is 28.8. The fourth-order valence-corrected chi connectivity index (χ4v) is 6.18. The Morgan fingerprint density at radius 3 is 1.98 bits per heavy atom. The van der Waals surface area contributed by atoms with E-state index in [1.165, 1.54) is 17.0 Å². The number of nitrogens with zero attached hydrogens (tertiary/aromatic N) is 1. The van der Waals surface area contributed by atoms with Crippen LogP contribution in [0.1, 0.15) is 25.3 Å². The maximum atomic E-state index is 13.8. The Bertz CT molecular complexity index is 1800. The predicted molar refractivity (Wildman–Crippen MR) is 164 cm³/mol. The number of fused-ring (bicyclic) bond motifs is 2. The molecule has 0 spiro atoms. The van der Waals surface area contributed by atoms with Crippen LogP contribution in [0.5, 0.6) is 0 Å². The number of benzene rings is 5. The molecule has 0 heterocycles. The van der Waals surface area contributed by atoms with Gasteiger partial charge in [-0.1, -0.05) is 91.0 Å². The Morgan fingerprint density at radius 1 is 0.732 bits per heavy atom. The zero-order valence-corrected chi connectivity index (χ0v) is 23.7. The van der Waals surface area contributed by atoms with Gasteiger partial charge in [-0.05, 0) is 77.6 Å². The van der Waals surface area contributed by atoms with Crippen molar-refractivity contribution >= 4 is 49.1 Å². The van der Waals surface area contributed by atoms with Gasteiger partial charge >= 0.3 is 0 Å². The molecule has 0 saturated heterocycles. The number of rotatable bonds is 10. The molecule has 1 atom stereocenters. The number of carbonyl (C=O) groups is 2.